The van der Waals surface area contributed by atoms with Crippen molar-refractivity contribution in [1.29, 1.82) is 0 Å². The maximum atomic E-state index is 13.3. The molecule has 21 heavy (non-hydrogen) atoms. The molecule has 112 valence electrons. The number of hydrogen-bond donors (Lipinski definition) is 2. The van der Waals surface area contributed by atoms with E-state index in [1.807, 2.05) is 18.2 Å². The van der Waals surface area contributed by atoms with E-state index in [9.17, 15) is 4.39 Å². The zero-order chi connectivity index (χ0) is 15.4. The van der Waals surface area contributed by atoms with Gasteiger partial charge in [-0.1, -0.05) is 12.1 Å². The normalized spacial score (nSPS) is 12.0. The fraction of sp³-hybridized carbons (Fsp3) is 0.200. The van der Waals surface area contributed by atoms with Gasteiger partial charge in [-0.2, -0.15) is 0 Å². The van der Waals surface area contributed by atoms with Gasteiger partial charge in [-0.15, -0.1) is 0 Å². The van der Waals surface area contributed by atoms with Crippen molar-refractivity contribution in [3.8, 4) is 11.5 Å². The van der Waals surface area contributed by atoms with Crippen LogP contribution < -0.4 is 20.7 Å². The van der Waals surface area contributed by atoms with Crippen molar-refractivity contribution in [2.75, 3.05) is 14.2 Å². The lowest BCUT2D eigenvalue weighted by molar-refractivity contribution is 0.377. The number of hydrogen-bond acceptors (Lipinski definition) is 4. The highest BCUT2D eigenvalue weighted by Crippen LogP contribution is 2.38. The van der Waals surface area contributed by atoms with Crippen LogP contribution in [-0.2, 0) is 0 Å². The van der Waals surface area contributed by atoms with E-state index in [0.717, 1.165) is 14.7 Å². The molecule has 6 heteroatoms. The first kappa shape index (κ1) is 16.0. The molecule has 4 nitrogen and oxygen atoms in total. The van der Waals surface area contributed by atoms with Crippen LogP contribution in [0.15, 0.2) is 36.4 Å². The van der Waals surface area contributed by atoms with E-state index in [0.29, 0.717) is 11.5 Å². The predicted octanol–water partition coefficient (Wildman–Crippen LogP) is 3.00. The Morgan fingerprint density at radius 3 is 2.24 bits per heavy atom. The smallest absolute Gasteiger partial charge is 0.127 e. The topological polar surface area (TPSA) is 56.5 Å². The second kappa shape index (κ2) is 7.06. The van der Waals surface area contributed by atoms with Gasteiger partial charge in [-0.3, -0.25) is 5.84 Å². The van der Waals surface area contributed by atoms with Crippen LogP contribution in [0.3, 0.4) is 0 Å². The number of ether oxygens (including phenoxy) is 2. The van der Waals surface area contributed by atoms with Crippen LogP contribution in [0.5, 0.6) is 11.5 Å². The van der Waals surface area contributed by atoms with Gasteiger partial charge in [-0.05, 0) is 52.4 Å². The Labute approximate surface area is 136 Å². The highest BCUT2D eigenvalue weighted by atomic mass is 127. The van der Waals surface area contributed by atoms with Crippen molar-refractivity contribution in [1.82, 2.24) is 5.43 Å². The summed E-state index contributed by atoms with van der Waals surface area (Å²) in [4.78, 5) is 0. The first-order chi connectivity index (χ1) is 10.1. The Balaban J connectivity index is 2.61. The molecular formula is C15H16FIN2O2. The molecule has 0 radical (unpaired) electrons. The van der Waals surface area contributed by atoms with Crippen LogP contribution in [0.1, 0.15) is 17.2 Å². The number of nitrogens with two attached hydrogens (primary N) is 1. The van der Waals surface area contributed by atoms with Gasteiger partial charge in [0.15, 0.2) is 0 Å². The number of halogens is 2. The SMILES string of the molecule is COc1cccc(OC)c1C(NN)c1ccc(F)cc1I. The Hall–Kier alpha value is -1.38. The maximum absolute atomic E-state index is 13.3. The van der Waals surface area contributed by atoms with Crippen LogP contribution in [-0.4, -0.2) is 14.2 Å². The molecule has 0 aliphatic heterocycles. The van der Waals surface area contributed by atoms with Crippen molar-refractivity contribution in [2.45, 2.75) is 6.04 Å². The number of hydrazine groups is 1. The summed E-state index contributed by atoms with van der Waals surface area (Å²) in [6.07, 6.45) is 0. The highest BCUT2D eigenvalue weighted by molar-refractivity contribution is 14.1. The minimum atomic E-state index is -0.372. The molecule has 0 fully saturated rings. The molecule has 1 unspecified atom stereocenters. The van der Waals surface area contributed by atoms with Gasteiger partial charge >= 0.3 is 0 Å². The fourth-order valence-corrected chi connectivity index (χ4v) is 3.02. The van der Waals surface area contributed by atoms with Crippen LogP contribution in [0.2, 0.25) is 0 Å². The molecule has 1 atom stereocenters. The van der Waals surface area contributed by atoms with E-state index < -0.39 is 0 Å². The summed E-state index contributed by atoms with van der Waals surface area (Å²) in [6.45, 7) is 0. The van der Waals surface area contributed by atoms with Crippen molar-refractivity contribution in [3.63, 3.8) is 0 Å². The molecule has 0 saturated heterocycles. The summed E-state index contributed by atoms with van der Waals surface area (Å²) < 4.78 is 24.9. The molecule has 0 saturated carbocycles. The Morgan fingerprint density at radius 1 is 1.14 bits per heavy atom. The number of benzene rings is 2. The average Bonchev–Trinajstić information content (AvgIpc) is 2.49. The van der Waals surface area contributed by atoms with Gasteiger partial charge < -0.3 is 9.47 Å². The zero-order valence-corrected chi connectivity index (χ0v) is 13.8. The standard InChI is InChI=1S/C15H16FIN2O2/c1-20-12-4-3-5-13(21-2)14(12)15(19-18)10-7-6-9(16)8-11(10)17/h3-8,15,19H,18H2,1-2H3. The molecule has 2 aromatic carbocycles. The molecule has 2 aromatic rings. The molecule has 0 bridgehead atoms. The summed E-state index contributed by atoms with van der Waals surface area (Å²) in [5.41, 5.74) is 4.38. The molecule has 0 aliphatic carbocycles. The second-order valence-electron chi connectivity index (χ2n) is 4.34. The van der Waals surface area contributed by atoms with E-state index in [1.165, 1.54) is 12.1 Å². The molecule has 0 heterocycles. The minimum absolute atomic E-state index is 0.286. The molecule has 0 aliphatic rings. The van der Waals surface area contributed by atoms with Gasteiger partial charge in [0.1, 0.15) is 17.3 Å². The van der Waals surface area contributed by atoms with Crippen LogP contribution in [0.25, 0.3) is 0 Å². The number of methoxy groups -OCH3 is 2. The molecule has 0 amide bonds. The number of nitrogens with one attached hydrogen (secondary N) is 1. The monoisotopic (exact) mass is 402 g/mol. The van der Waals surface area contributed by atoms with Gasteiger partial charge in [-0.25, -0.2) is 9.82 Å². The summed E-state index contributed by atoms with van der Waals surface area (Å²) in [6, 6.07) is 9.70. The third-order valence-corrected chi connectivity index (χ3v) is 4.13. The summed E-state index contributed by atoms with van der Waals surface area (Å²) in [7, 11) is 3.17. The average molecular weight is 402 g/mol. The third kappa shape index (κ3) is 3.28. The first-order valence-corrected chi connectivity index (χ1v) is 7.32. The van der Waals surface area contributed by atoms with Gasteiger partial charge in [0.25, 0.3) is 0 Å². The Morgan fingerprint density at radius 2 is 1.76 bits per heavy atom. The van der Waals surface area contributed by atoms with E-state index >= 15 is 0 Å². The largest absolute Gasteiger partial charge is 0.496 e. The van der Waals surface area contributed by atoms with Crippen LogP contribution >= 0.6 is 22.6 Å². The van der Waals surface area contributed by atoms with Gasteiger partial charge in [0, 0.05) is 3.57 Å². The second-order valence-corrected chi connectivity index (χ2v) is 5.50. The van der Waals surface area contributed by atoms with E-state index in [4.69, 9.17) is 15.3 Å². The molecule has 2 rings (SSSR count). The first-order valence-electron chi connectivity index (χ1n) is 6.24. The molecule has 0 aromatic heterocycles. The summed E-state index contributed by atoms with van der Waals surface area (Å²) in [5, 5.41) is 0. The molecule has 3 N–H and O–H groups in total. The quantitative estimate of drug-likeness (QED) is 0.459. The molecular weight excluding hydrogens is 386 g/mol. The minimum Gasteiger partial charge on any atom is -0.496 e. The van der Waals surface area contributed by atoms with Crippen molar-refractivity contribution in [3.05, 3.63) is 56.9 Å². The van der Waals surface area contributed by atoms with E-state index in [2.05, 4.69) is 28.0 Å². The predicted molar refractivity (Wildman–Crippen MR) is 87.8 cm³/mol. The Bertz CT molecular complexity index is 615. The number of rotatable bonds is 5. The van der Waals surface area contributed by atoms with Gasteiger partial charge in [0.2, 0.25) is 0 Å². The maximum Gasteiger partial charge on any atom is 0.127 e. The van der Waals surface area contributed by atoms with Crippen LogP contribution in [0.4, 0.5) is 4.39 Å². The summed E-state index contributed by atoms with van der Waals surface area (Å²) >= 11 is 2.08. The Kier molecular flexibility index (Phi) is 5.38. The zero-order valence-electron chi connectivity index (χ0n) is 11.7. The van der Waals surface area contributed by atoms with E-state index in [1.54, 1.807) is 20.3 Å². The van der Waals surface area contributed by atoms with Crippen molar-refractivity contribution >= 4 is 22.6 Å². The van der Waals surface area contributed by atoms with Crippen molar-refractivity contribution < 1.29 is 13.9 Å². The van der Waals surface area contributed by atoms with Crippen molar-refractivity contribution in [2.24, 2.45) is 5.84 Å². The summed E-state index contributed by atoms with van der Waals surface area (Å²) in [5.74, 6) is 6.75. The lowest BCUT2D eigenvalue weighted by atomic mass is 9.97. The van der Waals surface area contributed by atoms with E-state index in [-0.39, 0.29) is 11.9 Å². The fourth-order valence-electron chi connectivity index (χ4n) is 2.23. The lowest BCUT2D eigenvalue weighted by Gasteiger charge is -2.23. The third-order valence-electron chi connectivity index (χ3n) is 3.19. The molecule has 0 spiro atoms. The van der Waals surface area contributed by atoms with Gasteiger partial charge in [0.05, 0.1) is 25.8 Å². The highest BCUT2D eigenvalue weighted by Gasteiger charge is 2.23. The lowest BCUT2D eigenvalue weighted by Crippen LogP contribution is -2.30. The van der Waals surface area contributed by atoms with Crippen LogP contribution in [0, 0.1) is 9.39 Å².